The second kappa shape index (κ2) is 13.3. The van der Waals surface area contributed by atoms with Crippen LogP contribution in [0.25, 0.3) is 18.4 Å². The van der Waals surface area contributed by atoms with Gasteiger partial charge in [-0.1, -0.05) is 56.7 Å². The molecular formula is C36H46F2N4. The van der Waals surface area contributed by atoms with E-state index < -0.39 is 5.92 Å². The molecule has 2 aliphatic heterocycles. The maximum atomic E-state index is 13.7. The molecular weight excluding hydrogens is 526 g/mol. The number of halogens is 2. The van der Waals surface area contributed by atoms with Crippen LogP contribution in [0.1, 0.15) is 62.3 Å². The van der Waals surface area contributed by atoms with E-state index in [0.29, 0.717) is 17.9 Å². The summed E-state index contributed by atoms with van der Waals surface area (Å²) < 4.78 is 27.4. The summed E-state index contributed by atoms with van der Waals surface area (Å²) in [6.07, 6.45) is 11.7. The predicted octanol–water partition coefficient (Wildman–Crippen LogP) is 5.57. The van der Waals surface area contributed by atoms with Gasteiger partial charge in [-0.25, -0.2) is 8.78 Å². The highest BCUT2D eigenvalue weighted by Crippen LogP contribution is 2.43. The van der Waals surface area contributed by atoms with Gasteiger partial charge in [0, 0.05) is 61.6 Å². The zero-order valence-electron chi connectivity index (χ0n) is 25.7. The zero-order chi connectivity index (χ0) is 30.5. The number of likely N-dealkylation sites (tertiary alicyclic amines) is 2. The quantitative estimate of drug-likeness (QED) is 0.273. The molecule has 0 amide bonds. The molecule has 4 nitrogen and oxygen atoms in total. The van der Waals surface area contributed by atoms with E-state index in [9.17, 15) is 8.78 Å². The van der Waals surface area contributed by atoms with E-state index in [0.717, 1.165) is 86.4 Å². The Balaban J connectivity index is 1.41. The lowest BCUT2D eigenvalue weighted by Gasteiger charge is -2.55. The molecule has 4 rings (SSSR count). The van der Waals surface area contributed by atoms with Crippen molar-refractivity contribution in [3.8, 4) is 12.3 Å². The van der Waals surface area contributed by atoms with E-state index in [-0.39, 0.29) is 11.8 Å². The number of rotatable bonds is 11. The number of benzene rings is 2. The van der Waals surface area contributed by atoms with Gasteiger partial charge >= 0.3 is 0 Å². The van der Waals surface area contributed by atoms with Crippen molar-refractivity contribution in [2.45, 2.75) is 65.8 Å². The highest BCUT2D eigenvalue weighted by molar-refractivity contribution is 5.68. The van der Waals surface area contributed by atoms with Gasteiger partial charge in [0.1, 0.15) is 0 Å². The van der Waals surface area contributed by atoms with E-state index in [1.165, 1.54) is 17.3 Å². The minimum absolute atomic E-state index is 0.266. The Morgan fingerprint density at radius 3 is 2.55 bits per heavy atom. The van der Waals surface area contributed by atoms with Crippen LogP contribution in [-0.2, 0) is 13.0 Å². The van der Waals surface area contributed by atoms with Gasteiger partial charge in [-0.15, -0.1) is 6.42 Å². The van der Waals surface area contributed by atoms with Crippen molar-refractivity contribution in [1.29, 1.82) is 5.41 Å². The van der Waals surface area contributed by atoms with Crippen LogP contribution in [0.2, 0.25) is 0 Å². The summed E-state index contributed by atoms with van der Waals surface area (Å²) in [5.74, 6) is 0.549. The molecule has 2 aromatic rings. The van der Waals surface area contributed by atoms with Gasteiger partial charge in [-0.2, -0.15) is 0 Å². The molecule has 0 aromatic heterocycles. The SMILES string of the molecule is C#C/C(=C/c1cccc(CN2CCC3(CC2)CN(/C(CC=N)=c2\cc(CC(C)(F)F)ccc2=C)C3)c1C)NCC(C)C. The second-order valence-corrected chi connectivity index (χ2v) is 12.8. The van der Waals surface area contributed by atoms with Gasteiger partial charge < -0.3 is 15.6 Å². The molecule has 0 aliphatic carbocycles. The van der Waals surface area contributed by atoms with Crippen molar-refractivity contribution < 1.29 is 8.78 Å². The van der Waals surface area contributed by atoms with Crippen molar-refractivity contribution >= 4 is 24.6 Å². The summed E-state index contributed by atoms with van der Waals surface area (Å²) in [4.78, 5) is 4.89. The normalized spacial score (nSPS) is 18.0. The molecule has 2 saturated heterocycles. The first-order valence-corrected chi connectivity index (χ1v) is 15.1. The van der Waals surface area contributed by atoms with E-state index in [2.05, 4.69) is 72.7 Å². The van der Waals surface area contributed by atoms with Crippen LogP contribution >= 0.6 is 0 Å². The number of terminal acetylenes is 1. The van der Waals surface area contributed by atoms with Gasteiger partial charge in [0.15, 0.2) is 0 Å². The number of nitrogens with zero attached hydrogens (tertiary/aromatic N) is 2. The Morgan fingerprint density at radius 1 is 1.21 bits per heavy atom. The first-order chi connectivity index (χ1) is 19.9. The Labute approximate surface area is 250 Å². The highest BCUT2D eigenvalue weighted by atomic mass is 19.3. The third kappa shape index (κ3) is 7.89. The van der Waals surface area contributed by atoms with Crippen molar-refractivity contribution in [1.82, 2.24) is 15.1 Å². The smallest absolute Gasteiger partial charge is 0.249 e. The molecule has 2 fully saturated rings. The van der Waals surface area contributed by atoms with Crippen molar-refractivity contribution in [2.24, 2.45) is 11.3 Å². The lowest BCUT2D eigenvalue weighted by molar-refractivity contribution is -0.0164. The molecule has 0 unspecified atom stereocenters. The molecule has 224 valence electrons. The maximum absolute atomic E-state index is 13.7. The Hall–Kier alpha value is -3.43. The topological polar surface area (TPSA) is 42.4 Å². The summed E-state index contributed by atoms with van der Waals surface area (Å²) in [7, 11) is 0. The number of hydrogen-bond acceptors (Lipinski definition) is 4. The lowest BCUT2D eigenvalue weighted by Crippen LogP contribution is -2.60. The Bertz CT molecular complexity index is 1440. The first-order valence-electron chi connectivity index (χ1n) is 15.1. The van der Waals surface area contributed by atoms with Crippen LogP contribution < -0.4 is 15.8 Å². The van der Waals surface area contributed by atoms with E-state index in [1.54, 1.807) is 6.07 Å². The highest BCUT2D eigenvalue weighted by Gasteiger charge is 2.45. The van der Waals surface area contributed by atoms with Crippen molar-refractivity contribution in [2.75, 3.05) is 32.7 Å². The average molecular weight is 573 g/mol. The Morgan fingerprint density at radius 2 is 1.93 bits per heavy atom. The summed E-state index contributed by atoms with van der Waals surface area (Å²) in [5, 5.41) is 12.9. The standard InChI is InChI=1S/C36H46F2N4/c1-7-32(40-22-26(2)3)20-30-9-8-10-31(28(30)5)23-41-17-14-36(15-18-41)24-42(25-36)34(13-16-39)33-19-29(12-11-27(33)4)21-35(6,37)38/h1,8-12,16,19-20,26,39-40H,4,13-15,17-18,21-25H2,2-3,5-6H3/b32-20-,34-33+,39-16?. The van der Waals surface area contributed by atoms with Crippen molar-refractivity contribution in [3.63, 3.8) is 0 Å². The molecule has 0 saturated carbocycles. The predicted molar refractivity (Wildman–Crippen MR) is 172 cm³/mol. The van der Waals surface area contributed by atoms with Gasteiger partial charge in [-0.05, 0) is 85.3 Å². The number of nitrogens with one attached hydrogen (secondary N) is 2. The molecule has 2 heterocycles. The van der Waals surface area contributed by atoms with Gasteiger partial charge in [0.2, 0.25) is 5.92 Å². The van der Waals surface area contributed by atoms with Gasteiger partial charge in [0.25, 0.3) is 0 Å². The number of hydrogen-bond donors (Lipinski definition) is 2. The molecule has 0 radical (unpaired) electrons. The van der Waals surface area contributed by atoms with Gasteiger partial charge in [-0.3, -0.25) is 4.90 Å². The fourth-order valence-electron chi connectivity index (χ4n) is 6.21. The minimum Gasteiger partial charge on any atom is -0.378 e. The van der Waals surface area contributed by atoms with Crippen LogP contribution in [0.3, 0.4) is 0 Å². The lowest BCUT2D eigenvalue weighted by atomic mass is 9.71. The molecule has 2 N–H and O–H groups in total. The van der Waals surface area contributed by atoms with Crippen LogP contribution in [0.5, 0.6) is 0 Å². The monoisotopic (exact) mass is 572 g/mol. The van der Waals surface area contributed by atoms with E-state index >= 15 is 0 Å². The fourth-order valence-corrected chi connectivity index (χ4v) is 6.21. The van der Waals surface area contributed by atoms with Crippen LogP contribution in [-0.4, -0.2) is 54.7 Å². The summed E-state index contributed by atoms with van der Waals surface area (Å²) in [6, 6.07) is 11.9. The first kappa shape index (κ1) is 31.5. The summed E-state index contributed by atoms with van der Waals surface area (Å²) >= 11 is 0. The molecule has 0 bridgehead atoms. The van der Waals surface area contributed by atoms with Crippen LogP contribution in [0.4, 0.5) is 8.78 Å². The number of allylic oxidation sites excluding steroid dienone is 1. The maximum Gasteiger partial charge on any atom is 0.249 e. The third-order valence-electron chi connectivity index (χ3n) is 8.68. The largest absolute Gasteiger partial charge is 0.378 e. The molecule has 2 aromatic carbocycles. The van der Waals surface area contributed by atoms with E-state index in [1.807, 2.05) is 12.1 Å². The summed E-state index contributed by atoms with van der Waals surface area (Å²) in [5.41, 5.74) is 6.47. The molecule has 6 heteroatoms. The van der Waals surface area contributed by atoms with Crippen LogP contribution in [0, 0.1) is 36.0 Å². The summed E-state index contributed by atoms with van der Waals surface area (Å²) in [6.45, 7) is 17.4. The van der Waals surface area contributed by atoms with E-state index in [4.69, 9.17) is 11.8 Å². The molecule has 2 aliphatic rings. The minimum atomic E-state index is -2.76. The second-order valence-electron chi connectivity index (χ2n) is 12.8. The molecule has 0 atom stereocenters. The number of alkyl halides is 2. The van der Waals surface area contributed by atoms with Crippen molar-refractivity contribution in [3.05, 3.63) is 74.8 Å². The van der Waals surface area contributed by atoms with Crippen LogP contribution in [0.15, 0.2) is 42.1 Å². The zero-order valence-corrected chi connectivity index (χ0v) is 25.7. The Kier molecular flexibility index (Phi) is 9.94. The molecule has 42 heavy (non-hydrogen) atoms. The number of piperidine rings is 1. The third-order valence-corrected chi connectivity index (χ3v) is 8.68. The fraction of sp³-hybridized carbons (Fsp3) is 0.472. The van der Waals surface area contributed by atoms with Gasteiger partial charge in [0.05, 0.1) is 5.70 Å². The molecule has 1 spiro atoms. The average Bonchev–Trinajstić information content (AvgIpc) is 2.91.